The Labute approximate surface area is 126 Å². The van der Waals surface area contributed by atoms with Gasteiger partial charge in [-0.25, -0.2) is 0 Å². The van der Waals surface area contributed by atoms with E-state index in [0.29, 0.717) is 0 Å². The highest BCUT2D eigenvalue weighted by Gasteiger charge is 2.18. The lowest BCUT2D eigenvalue weighted by Gasteiger charge is -2.26. The van der Waals surface area contributed by atoms with E-state index in [1.54, 1.807) is 0 Å². The van der Waals surface area contributed by atoms with Crippen LogP contribution < -0.4 is 5.32 Å². The van der Waals surface area contributed by atoms with Crippen LogP contribution in [0.4, 0.5) is 0 Å². The van der Waals surface area contributed by atoms with E-state index < -0.39 is 0 Å². The molecule has 19 heavy (non-hydrogen) atoms. The highest BCUT2D eigenvalue weighted by molar-refractivity contribution is 6.33. The molecule has 1 nitrogen and oxygen atoms in total. The van der Waals surface area contributed by atoms with Crippen LogP contribution in [0.1, 0.15) is 44.6 Å². The monoisotopic (exact) mass is 299 g/mol. The molecule has 106 valence electrons. The first kappa shape index (κ1) is 15.2. The number of nitrogens with one attached hydrogen (secondary N) is 1. The Morgan fingerprint density at radius 2 is 2.11 bits per heavy atom. The third-order valence-electron chi connectivity index (χ3n) is 4.10. The molecule has 1 aromatic carbocycles. The van der Waals surface area contributed by atoms with Crippen molar-refractivity contribution in [1.29, 1.82) is 0 Å². The second-order valence-corrected chi connectivity index (χ2v) is 6.68. The lowest BCUT2D eigenvalue weighted by atomic mass is 9.81. The molecule has 0 spiro atoms. The standard InChI is InChI=1S/C16H23Cl2N/c1-12-3-2-4-13(9-12)7-8-19-11-14-10-15(17)5-6-16(14)18/h5-6,10,12-13,19H,2-4,7-9,11H2,1H3. The predicted molar refractivity (Wildman–Crippen MR) is 83.9 cm³/mol. The molecule has 2 unspecified atom stereocenters. The average molecular weight is 300 g/mol. The number of hydrogen-bond acceptors (Lipinski definition) is 1. The third-order valence-corrected chi connectivity index (χ3v) is 4.70. The zero-order chi connectivity index (χ0) is 13.7. The van der Waals surface area contributed by atoms with Crippen molar-refractivity contribution >= 4 is 23.2 Å². The zero-order valence-corrected chi connectivity index (χ0v) is 13.1. The summed E-state index contributed by atoms with van der Waals surface area (Å²) >= 11 is 12.1. The summed E-state index contributed by atoms with van der Waals surface area (Å²) in [5.74, 6) is 1.83. The molecule has 0 heterocycles. The Morgan fingerprint density at radius 3 is 2.89 bits per heavy atom. The molecule has 1 aliphatic carbocycles. The summed E-state index contributed by atoms with van der Waals surface area (Å²) in [4.78, 5) is 0. The summed E-state index contributed by atoms with van der Waals surface area (Å²) in [6.07, 6.45) is 6.92. The predicted octanol–water partition coefficient (Wildman–Crippen LogP) is 5.30. The average Bonchev–Trinajstić information content (AvgIpc) is 2.39. The molecule has 1 N–H and O–H groups in total. The van der Waals surface area contributed by atoms with E-state index in [2.05, 4.69) is 12.2 Å². The molecule has 0 aliphatic heterocycles. The fourth-order valence-electron chi connectivity index (χ4n) is 3.03. The van der Waals surface area contributed by atoms with Gasteiger partial charge in [0.05, 0.1) is 0 Å². The second kappa shape index (κ2) is 7.52. The van der Waals surface area contributed by atoms with Crippen LogP contribution in [-0.2, 0) is 6.54 Å². The van der Waals surface area contributed by atoms with E-state index in [4.69, 9.17) is 23.2 Å². The van der Waals surface area contributed by atoms with Crippen LogP contribution in [0.25, 0.3) is 0 Å². The molecule has 1 aliphatic rings. The van der Waals surface area contributed by atoms with Gasteiger partial charge >= 0.3 is 0 Å². The van der Waals surface area contributed by atoms with Crippen molar-refractivity contribution in [2.45, 2.75) is 45.6 Å². The van der Waals surface area contributed by atoms with E-state index >= 15 is 0 Å². The van der Waals surface area contributed by atoms with Gasteiger partial charge in [0.25, 0.3) is 0 Å². The molecule has 1 aromatic rings. The first-order valence-corrected chi connectivity index (χ1v) is 8.05. The summed E-state index contributed by atoms with van der Waals surface area (Å²) < 4.78 is 0. The number of hydrogen-bond donors (Lipinski definition) is 1. The highest BCUT2D eigenvalue weighted by atomic mass is 35.5. The van der Waals surface area contributed by atoms with Gasteiger partial charge in [-0.15, -0.1) is 0 Å². The van der Waals surface area contributed by atoms with E-state index in [9.17, 15) is 0 Å². The lowest BCUT2D eigenvalue weighted by Crippen LogP contribution is -2.21. The van der Waals surface area contributed by atoms with Crippen molar-refractivity contribution in [3.63, 3.8) is 0 Å². The van der Waals surface area contributed by atoms with Crippen molar-refractivity contribution in [1.82, 2.24) is 5.32 Å². The van der Waals surface area contributed by atoms with Gasteiger partial charge in [-0.2, -0.15) is 0 Å². The summed E-state index contributed by atoms with van der Waals surface area (Å²) in [6.45, 7) is 4.26. The highest BCUT2D eigenvalue weighted by Crippen LogP contribution is 2.30. The molecule has 2 rings (SSSR count). The Balaban J connectivity index is 1.70. The maximum absolute atomic E-state index is 6.14. The van der Waals surface area contributed by atoms with Gasteiger partial charge in [0, 0.05) is 16.6 Å². The van der Waals surface area contributed by atoms with Gasteiger partial charge in [0.2, 0.25) is 0 Å². The molecule has 0 radical (unpaired) electrons. The first-order valence-electron chi connectivity index (χ1n) is 7.30. The molecule has 0 aromatic heterocycles. The van der Waals surface area contributed by atoms with Crippen LogP contribution in [0.3, 0.4) is 0 Å². The van der Waals surface area contributed by atoms with E-state index in [1.165, 1.54) is 32.1 Å². The van der Waals surface area contributed by atoms with Gasteiger partial charge in [-0.1, -0.05) is 49.4 Å². The molecule has 0 saturated heterocycles. The Kier molecular flexibility index (Phi) is 6.00. The van der Waals surface area contributed by atoms with Gasteiger partial charge in [0.15, 0.2) is 0 Å². The second-order valence-electron chi connectivity index (χ2n) is 5.84. The Bertz CT molecular complexity index is 406. The van der Waals surface area contributed by atoms with E-state index in [0.717, 1.165) is 40.5 Å². The summed E-state index contributed by atoms with van der Waals surface area (Å²) in [5.41, 5.74) is 1.09. The van der Waals surface area contributed by atoms with Crippen LogP contribution in [-0.4, -0.2) is 6.54 Å². The minimum atomic E-state index is 0.752. The van der Waals surface area contributed by atoms with Crippen molar-refractivity contribution in [2.75, 3.05) is 6.54 Å². The van der Waals surface area contributed by atoms with Crippen LogP contribution in [0, 0.1) is 11.8 Å². The van der Waals surface area contributed by atoms with Crippen molar-refractivity contribution < 1.29 is 0 Å². The van der Waals surface area contributed by atoms with Crippen LogP contribution in [0.15, 0.2) is 18.2 Å². The van der Waals surface area contributed by atoms with Crippen molar-refractivity contribution in [3.8, 4) is 0 Å². The SMILES string of the molecule is CC1CCCC(CCNCc2cc(Cl)ccc2Cl)C1. The molecule has 0 amide bonds. The van der Waals surface area contributed by atoms with E-state index in [1.807, 2.05) is 18.2 Å². The van der Waals surface area contributed by atoms with Crippen LogP contribution in [0.5, 0.6) is 0 Å². The topological polar surface area (TPSA) is 12.0 Å². The van der Waals surface area contributed by atoms with Gasteiger partial charge in [-0.3, -0.25) is 0 Å². The smallest absolute Gasteiger partial charge is 0.0451 e. The van der Waals surface area contributed by atoms with E-state index in [-0.39, 0.29) is 0 Å². The van der Waals surface area contributed by atoms with Crippen molar-refractivity contribution in [2.24, 2.45) is 11.8 Å². The van der Waals surface area contributed by atoms with Crippen molar-refractivity contribution in [3.05, 3.63) is 33.8 Å². The third kappa shape index (κ3) is 4.98. The molecule has 1 saturated carbocycles. The summed E-state index contributed by atoms with van der Waals surface area (Å²) in [6, 6.07) is 5.64. The molecule has 3 heteroatoms. The quantitative estimate of drug-likeness (QED) is 0.728. The Hall–Kier alpha value is -0.240. The lowest BCUT2D eigenvalue weighted by molar-refractivity contribution is 0.267. The normalized spacial score (nSPS) is 23.5. The fourth-order valence-corrected chi connectivity index (χ4v) is 3.41. The summed E-state index contributed by atoms with van der Waals surface area (Å²) in [7, 11) is 0. The number of halogens is 2. The largest absolute Gasteiger partial charge is 0.313 e. The molecule has 2 atom stereocenters. The minimum absolute atomic E-state index is 0.752. The number of rotatable bonds is 5. The maximum atomic E-state index is 6.14. The zero-order valence-electron chi connectivity index (χ0n) is 11.6. The molecule has 1 fully saturated rings. The fraction of sp³-hybridized carbons (Fsp3) is 0.625. The van der Waals surface area contributed by atoms with Crippen LogP contribution in [0.2, 0.25) is 10.0 Å². The maximum Gasteiger partial charge on any atom is 0.0451 e. The van der Waals surface area contributed by atoms with Crippen LogP contribution >= 0.6 is 23.2 Å². The molecular weight excluding hydrogens is 277 g/mol. The summed E-state index contributed by atoms with van der Waals surface area (Å²) in [5, 5.41) is 5.04. The Morgan fingerprint density at radius 1 is 1.26 bits per heavy atom. The van der Waals surface area contributed by atoms with Gasteiger partial charge in [-0.05, 0) is 55.0 Å². The minimum Gasteiger partial charge on any atom is -0.313 e. The number of benzene rings is 1. The molecular formula is C16H23Cl2N. The molecule has 0 bridgehead atoms. The van der Waals surface area contributed by atoms with Gasteiger partial charge < -0.3 is 5.32 Å². The first-order chi connectivity index (χ1) is 9.15. The van der Waals surface area contributed by atoms with Gasteiger partial charge in [0.1, 0.15) is 0 Å².